The predicted molar refractivity (Wildman–Crippen MR) is 166 cm³/mol. The Kier molecular flexibility index (Phi) is 10.7. The van der Waals surface area contributed by atoms with Gasteiger partial charge in [-0.1, -0.05) is 35.4 Å². The number of nitrogens with one attached hydrogen (secondary N) is 5. The lowest BCUT2D eigenvalue weighted by atomic mass is 10.2. The quantitative estimate of drug-likeness (QED) is 0.171. The summed E-state index contributed by atoms with van der Waals surface area (Å²) in [5.74, 6) is -1.03. The summed E-state index contributed by atoms with van der Waals surface area (Å²) in [5, 5.41) is 10.7. The summed E-state index contributed by atoms with van der Waals surface area (Å²) in [4.78, 5) is 50.3. The highest BCUT2D eigenvalue weighted by Gasteiger charge is 2.20. The molecule has 0 aliphatic heterocycles. The van der Waals surface area contributed by atoms with Gasteiger partial charge in [0.15, 0.2) is 5.69 Å². The average Bonchev–Trinajstić information content (AvgIpc) is 3.47. The van der Waals surface area contributed by atoms with Crippen LogP contribution in [-0.4, -0.2) is 47.8 Å². The van der Waals surface area contributed by atoms with Crippen LogP contribution >= 0.6 is 0 Å². The molecular formula is C31H36N6O6. The number of nitrogens with zero attached hydrogens (tertiary/aromatic N) is 1. The van der Waals surface area contributed by atoms with E-state index in [-0.39, 0.29) is 5.69 Å². The topological polar surface area (TPSA) is 156 Å². The van der Waals surface area contributed by atoms with Gasteiger partial charge >= 0.3 is 24.0 Å². The van der Waals surface area contributed by atoms with Crippen LogP contribution in [0, 0.1) is 27.7 Å². The van der Waals surface area contributed by atoms with Gasteiger partial charge in [-0.15, -0.1) is 0 Å². The van der Waals surface area contributed by atoms with Gasteiger partial charge in [0.1, 0.15) is 5.69 Å². The van der Waals surface area contributed by atoms with Crippen LogP contribution in [0.15, 0.2) is 60.7 Å². The number of aromatic nitrogens is 2. The number of ether oxygens (including phenoxy) is 2. The van der Waals surface area contributed by atoms with Gasteiger partial charge in [0.25, 0.3) is 0 Å². The summed E-state index contributed by atoms with van der Waals surface area (Å²) in [6, 6.07) is 17.4. The molecule has 0 saturated heterocycles. The van der Waals surface area contributed by atoms with Crippen molar-refractivity contribution in [3.8, 4) is 0 Å². The number of benzene rings is 2. The maximum Gasteiger partial charge on any atom is 0.356 e. The van der Waals surface area contributed by atoms with Crippen molar-refractivity contribution in [1.82, 2.24) is 9.55 Å². The van der Waals surface area contributed by atoms with Crippen LogP contribution in [0.25, 0.3) is 0 Å². The fourth-order valence-electron chi connectivity index (χ4n) is 3.96. The van der Waals surface area contributed by atoms with Gasteiger partial charge in [-0.05, 0) is 64.1 Å². The smallest absolute Gasteiger partial charge is 0.356 e. The zero-order valence-corrected chi connectivity index (χ0v) is 25.2. The summed E-state index contributed by atoms with van der Waals surface area (Å²) >= 11 is 0. The summed E-state index contributed by atoms with van der Waals surface area (Å²) in [6.07, 6.45) is 0. The van der Waals surface area contributed by atoms with Crippen molar-refractivity contribution in [2.45, 2.75) is 27.7 Å². The van der Waals surface area contributed by atoms with Crippen molar-refractivity contribution < 1.29 is 28.7 Å². The van der Waals surface area contributed by atoms with E-state index in [1.807, 2.05) is 57.2 Å². The number of amides is 4. The normalized spacial score (nSPS) is 10.1. The van der Waals surface area contributed by atoms with Crippen LogP contribution in [0.2, 0.25) is 0 Å². The molecule has 4 amide bonds. The highest BCUT2D eigenvalue weighted by molar-refractivity contribution is 6.05. The molecule has 0 atom stereocenters. The molecule has 12 nitrogen and oxygen atoms in total. The molecule has 4 rings (SSSR count). The summed E-state index contributed by atoms with van der Waals surface area (Å²) in [6.45, 7) is 7.57. The molecule has 0 fully saturated rings. The second kappa shape index (κ2) is 14.4. The SMILES string of the molecule is COC(=O)c1[nH]c(C)cc1NC(=O)Nc1ccc(C)cc1.COC(=O)c1c(NC(=O)Nc2ccc(C)cc2)cc(C)n1C. The summed E-state index contributed by atoms with van der Waals surface area (Å²) in [5.41, 5.74) is 6.47. The lowest BCUT2D eigenvalue weighted by Crippen LogP contribution is -2.21. The number of aryl methyl sites for hydroxylation is 4. The van der Waals surface area contributed by atoms with Crippen LogP contribution in [0.5, 0.6) is 0 Å². The average molecular weight is 589 g/mol. The van der Waals surface area contributed by atoms with Gasteiger partial charge < -0.3 is 40.3 Å². The van der Waals surface area contributed by atoms with E-state index in [4.69, 9.17) is 4.74 Å². The molecule has 5 N–H and O–H groups in total. The molecule has 43 heavy (non-hydrogen) atoms. The van der Waals surface area contributed by atoms with Crippen LogP contribution in [0.3, 0.4) is 0 Å². The van der Waals surface area contributed by atoms with Crippen molar-refractivity contribution >= 4 is 46.8 Å². The molecule has 0 aliphatic rings. The molecule has 226 valence electrons. The molecular weight excluding hydrogens is 552 g/mol. The van der Waals surface area contributed by atoms with Gasteiger partial charge in [0.05, 0.1) is 25.6 Å². The molecule has 12 heteroatoms. The Hall–Kier alpha value is -5.52. The fraction of sp³-hybridized carbons (Fsp3) is 0.226. The van der Waals surface area contributed by atoms with E-state index in [1.165, 1.54) is 14.2 Å². The monoisotopic (exact) mass is 588 g/mol. The minimum atomic E-state index is -0.534. The number of aromatic amines is 1. The maximum atomic E-state index is 12.1. The zero-order valence-electron chi connectivity index (χ0n) is 25.2. The van der Waals surface area contributed by atoms with Crippen molar-refractivity contribution in [3.63, 3.8) is 0 Å². The van der Waals surface area contributed by atoms with Gasteiger partial charge in [0, 0.05) is 29.8 Å². The number of methoxy groups -OCH3 is 2. The van der Waals surface area contributed by atoms with Gasteiger partial charge in [0.2, 0.25) is 0 Å². The Labute approximate surface area is 249 Å². The first-order valence-electron chi connectivity index (χ1n) is 13.2. The molecule has 0 spiro atoms. The molecule has 0 radical (unpaired) electrons. The van der Waals surface area contributed by atoms with E-state index in [2.05, 4.69) is 31.0 Å². The molecule has 0 aliphatic carbocycles. The lowest BCUT2D eigenvalue weighted by Gasteiger charge is -2.09. The van der Waals surface area contributed by atoms with E-state index >= 15 is 0 Å². The number of hydrogen-bond acceptors (Lipinski definition) is 6. The number of carbonyl (C=O) groups excluding carboxylic acids is 4. The van der Waals surface area contributed by atoms with Crippen molar-refractivity contribution in [3.05, 3.63) is 94.6 Å². The van der Waals surface area contributed by atoms with Crippen LogP contribution in [-0.2, 0) is 16.5 Å². The Morgan fingerprint density at radius 1 is 0.651 bits per heavy atom. The Morgan fingerprint density at radius 2 is 1.12 bits per heavy atom. The third kappa shape index (κ3) is 8.73. The number of rotatable bonds is 6. The van der Waals surface area contributed by atoms with E-state index in [0.717, 1.165) is 22.5 Å². The number of H-pyrrole nitrogens is 1. The Balaban J connectivity index is 0.000000236. The van der Waals surface area contributed by atoms with Crippen molar-refractivity contribution in [2.24, 2.45) is 7.05 Å². The van der Waals surface area contributed by atoms with Crippen LogP contribution < -0.4 is 21.3 Å². The second-order valence-corrected chi connectivity index (χ2v) is 9.72. The minimum absolute atomic E-state index is 0.217. The van der Waals surface area contributed by atoms with Crippen molar-refractivity contribution in [1.29, 1.82) is 0 Å². The molecule has 4 aromatic rings. The first kappa shape index (κ1) is 32.0. The number of esters is 2. The number of hydrogen-bond donors (Lipinski definition) is 5. The summed E-state index contributed by atoms with van der Waals surface area (Å²) in [7, 11) is 4.33. The maximum absolute atomic E-state index is 12.1. The first-order chi connectivity index (χ1) is 20.4. The summed E-state index contributed by atoms with van der Waals surface area (Å²) < 4.78 is 11.1. The van der Waals surface area contributed by atoms with E-state index in [9.17, 15) is 19.2 Å². The lowest BCUT2D eigenvalue weighted by molar-refractivity contribution is 0.0584. The number of anilines is 4. The molecule has 0 saturated carbocycles. The Morgan fingerprint density at radius 3 is 1.58 bits per heavy atom. The van der Waals surface area contributed by atoms with Crippen LogP contribution in [0.4, 0.5) is 32.3 Å². The van der Waals surface area contributed by atoms with Gasteiger partial charge in [-0.25, -0.2) is 19.2 Å². The second-order valence-electron chi connectivity index (χ2n) is 9.72. The van der Waals surface area contributed by atoms with E-state index in [0.29, 0.717) is 28.4 Å². The molecule has 2 aromatic heterocycles. The minimum Gasteiger partial charge on any atom is -0.464 e. The largest absolute Gasteiger partial charge is 0.464 e. The fourth-order valence-corrected chi connectivity index (χ4v) is 3.96. The molecule has 2 heterocycles. The zero-order chi connectivity index (χ0) is 31.7. The molecule has 0 bridgehead atoms. The number of carbonyl (C=O) groups is 4. The standard InChI is InChI=1S/C16H19N3O3.C15H17N3O3/c1-10-5-7-12(8-6-10)17-16(21)18-13-9-11(2)19(3)14(13)15(20)22-4;1-9-4-6-11(7-5-9)17-15(20)18-12-8-10(2)16-13(12)14(19)21-3/h5-9H,1-4H3,(H2,17,18,21);4-8,16H,1-3H3,(H2,17,18,20). The molecule has 0 unspecified atom stereocenters. The third-order valence-electron chi connectivity index (χ3n) is 6.31. The molecule has 2 aromatic carbocycles. The van der Waals surface area contributed by atoms with Crippen molar-refractivity contribution in [2.75, 3.05) is 35.5 Å². The predicted octanol–water partition coefficient (Wildman–Crippen LogP) is 6.13. The van der Waals surface area contributed by atoms with E-state index in [1.54, 1.807) is 42.8 Å². The third-order valence-corrected chi connectivity index (χ3v) is 6.31. The number of urea groups is 2. The van der Waals surface area contributed by atoms with Crippen LogP contribution in [0.1, 0.15) is 43.5 Å². The highest BCUT2D eigenvalue weighted by Crippen LogP contribution is 2.22. The van der Waals surface area contributed by atoms with E-state index < -0.39 is 24.0 Å². The van der Waals surface area contributed by atoms with Gasteiger partial charge in [-0.2, -0.15) is 0 Å². The first-order valence-corrected chi connectivity index (χ1v) is 13.2. The van der Waals surface area contributed by atoms with Gasteiger partial charge in [-0.3, -0.25) is 0 Å². The Bertz CT molecular complexity index is 1600. The highest BCUT2D eigenvalue weighted by atomic mass is 16.5.